The summed E-state index contributed by atoms with van der Waals surface area (Å²) in [5, 5.41) is 8.66. The second kappa shape index (κ2) is 3.14. The largest absolute Gasteiger partial charge is 0.481 e. The summed E-state index contributed by atoms with van der Waals surface area (Å²) in [7, 11) is 0. The molecule has 2 rings (SSSR count). The van der Waals surface area contributed by atoms with E-state index in [0.717, 1.165) is 11.1 Å². The first kappa shape index (κ1) is 8.74. The number of carbonyl (C=O) groups is 1. The highest BCUT2D eigenvalue weighted by Gasteiger charge is 2.07. The van der Waals surface area contributed by atoms with Gasteiger partial charge in [0.2, 0.25) is 0 Å². The Balaban J connectivity index is 2.55. The number of aryl methyl sites for hydroxylation is 1. The molecule has 0 aromatic carbocycles. The van der Waals surface area contributed by atoms with Crippen LogP contribution in [0, 0.1) is 6.92 Å². The summed E-state index contributed by atoms with van der Waals surface area (Å²) in [5.74, 6) is -0.296. The summed E-state index contributed by atoms with van der Waals surface area (Å²) in [6.07, 6.45) is 3.52. The Morgan fingerprint density at radius 2 is 2.36 bits per heavy atom. The predicted octanol–water partition coefficient (Wildman–Crippen LogP) is 1.27. The Labute approximate surface area is 80.8 Å². The minimum Gasteiger partial charge on any atom is -0.481 e. The summed E-state index contributed by atoms with van der Waals surface area (Å²) >= 11 is 0. The Morgan fingerprint density at radius 3 is 3.07 bits per heavy atom. The van der Waals surface area contributed by atoms with Crippen molar-refractivity contribution in [2.24, 2.45) is 0 Å². The first-order valence-electron chi connectivity index (χ1n) is 4.31. The summed E-state index contributed by atoms with van der Waals surface area (Å²) in [6.45, 7) is 1.96. The van der Waals surface area contributed by atoms with Gasteiger partial charge in [-0.1, -0.05) is 6.07 Å². The van der Waals surface area contributed by atoms with Crippen molar-refractivity contribution in [3.8, 4) is 0 Å². The fraction of sp³-hybridized carbons (Fsp3) is 0.200. The number of hydrogen-bond acceptors (Lipinski definition) is 2. The van der Waals surface area contributed by atoms with Crippen LogP contribution in [0.4, 0.5) is 0 Å². The van der Waals surface area contributed by atoms with Gasteiger partial charge in [0.15, 0.2) is 0 Å². The zero-order valence-corrected chi connectivity index (χ0v) is 7.77. The average Bonchev–Trinajstić information content (AvgIpc) is 2.47. The van der Waals surface area contributed by atoms with Gasteiger partial charge >= 0.3 is 5.97 Å². The van der Waals surface area contributed by atoms with Crippen LogP contribution in [0.25, 0.3) is 5.52 Å². The summed E-state index contributed by atoms with van der Waals surface area (Å²) in [4.78, 5) is 14.6. The van der Waals surface area contributed by atoms with Gasteiger partial charge in [-0.25, -0.2) is 4.98 Å². The summed E-state index contributed by atoms with van der Waals surface area (Å²) in [5.41, 5.74) is 2.01. The molecule has 0 saturated heterocycles. The van der Waals surface area contributed by atoms with Crippen LogP contribution in [-0.4, -0.2) is 20.5 Å². The number of carboxylic acids is 1. The van der Waals surface area contributed by atoms with E-state index in [1.54, 1.807) is 6.20 Å². The van der Waals surface area contributed by atoms with E-state index < -0.39 is 5.97 Å². The molecule has 4 heteroatoms. The number of hydrogen-bond donors (Lipinski definition) is 1. The van der Waals surface area contributed by atoms with Crippen LogP contribution in [0.2, 0.25) is 0 Å². The van der Waals surface area contributed by atoms with Gasteiger partial charge < -0.3 is 9.51 Å². The maximum atomic E-state index is 10.5. The van der Waals surface area contributed by atoms with Crippen LogP contribution in [0.5, 0.6) is 0 Å². The third kappa shape index (κ3) is 1.46. The highest BCUT2D eigenvalue weighted by molar-refractivity contribution is 5.69. The van der Waals surface area contributed by atoms with Gasteiger partial charge in [-0.05, 0) is 18.6 Å². The first-order valence-corrected chi connectivity index (χ1v) is 4.31. The van der Waals surface area contributed by atoms with Crippen LogP contribution in [0.15, 0.2) is 24.5 Å². The molecule has 0 aliphatic heterocycles. The molecule has 0 aliphatic carbocycles. The normalized spacial score (nSPS) is 10.6. The predicted molar refractivity (Wildman–Crippen MR) is 51.3 cm³/mol. The smallest absolute Gasteiger partial charge is 0.311 e. The van der Waals surface area contributed by atoms with E-state index in [-0.39, 0.29) is 6.42 Å². The van der Waals surface area contributed by atoms with Crippen molar-refractivity contribution in [2.75, 3.05) is 0 Å². The molecule has 0 radical (unpaired) electrons. The molecule has 1 N–H and O–H groups in total. The lowest BCUT2D eigenvalue weighted by Crippen LogP contribution is -2.04. The zero-order chi connectivity index (χ0) is 10.1. The minimum absolute atomic E-state index is 0.0440. The van der Waals surface area contributed by atoms with Crippen LogP contribution in [-0.2, 0) is 11.2 Å². The SMILES string of the molecule is Cc1ccc2cnc(CC(=O)O)n2c1. The van der Waals surface area contributed by atoms with Crippen LogP contribution < -0.4 is 0 Å². The van der Waals surface area contributed by atoms with Crippen molar-refractivity contribution >= 4 is 11.5 Å². The van der Waals surface area contributed by atoms with E-state index >= 15 is 0 Å². The Morgan fingerprint density at radius 1 is 1.57 bits per heavy atom. The molecule has 0 amide bonds. The number of pyridine rings is 1. The summed E-state index contributed by atoms with van der Waals surface area (Å²) < 4.78 is 1.81. The number of nitrogens with zero attached hydrogens (tertiary/aromatic N) is 2. The molecule has 4 nitrogen and oxygen atoms in total. The quantitative estimate of drug-likeness (QED) is 0.775. The summed E-state index contributed by atoms with van der Waals surface area (Å²) in [6, 6.07) is 3.90. The molecule has 14 heavy (non-hydrogen) atoms. The maximum absolute atomic E-state index is 10.5. The number of imidazole rings is 1. The third-order valence-electron chi connectivity index (χ3n) is 2.06. The molecule has 72 valence electrons. The van der Waals surface area contributed by atoms with Crippen molar-refractivity contribution in [1.29, 1.82) is 0 Å². The van der Waals surface area contributed by atoms with E-state index in [1.807, 2.05) is 29.7 Å². The Kier molecular flexibility index (Phi) is 1.96. The van der Waals surface area contributed by atoms with Crippen LogP contribution in [0.3, 0.4) is 0 Å². The molecule has 0 bridgehead atoms. The van der Waals surface area contributed by atoms with Gasteiger partial charge in [0.05, 0.1) is 11.7 Å². The fourth-order valence-electron chi connectivity index (χ4n) is 1.42. The topological polar surface area (TPSA) is 54.6 Å². The molecule has 0 unspecified atom stereocenters. The van der Waals surface area contributed by atoms with Crippen LogP contribution in [0.1, 0.15) is 11.4 Å². The molecule has 2 aromatic heterocycles. The Hall–Kier alpha value is -1.84. The zero-order valence-electron chi connectivity index (χ0n) is 7.77. The van der Waals surface area contributed by atoms with Crippen molar-refractivity contribution < 1.29 is 9.90 Å². The lowest BCUT2D eigenvalue weighted by atomic mass is 10.3. The molecule has 2 aromatic rings. The van der Waals surface area contributed by atoms with Gasteiger partial charge in [-0.3, -0.25) is 4.79 Å². The average molecular weight is 190 g/mol. The van der Waals surface area contributed by atoms with Gasteiger partial charge in [0, 0.05) is 6.20 Å². The molecule has 0 spiro atoms. The highest BCUT2D eigenvalue weighted by Crippen LogP contribution is 2.09. The van der Waals surface area contributed by atoms with Gasteiger partial charge in [0.1, 0.15) is 12.2 Å². The number of carboxylic acid groups (broad SMARTS) is 1. The second-order valence-corrected chi connectivity index (χ2v) is 3.25. The van der Waals surface area contributed by atoms with Crippen molar-refractivity contribution in [2.45, 2.75) is 13.3 Å². The number of aliphatic carboxylic acids is 1. The lowest BCUT2D eigenvalue weighted by Gasteiger charge is -1.99. The van der Waals surface area contributed by atoms with Crippen molar-refractivity contribution in [3.63, 3.8) is 0 Å². The number of fused-ring (bicyclic) bond motifs is 1. The van der Waals surface area contributed by atoms with Crippen molar-refractivity contribution in [3.05, 3.63) is 35.9 Å². The second-order valence-electron chi connectivity index (χ2n) is 3.25. The fourth-order valence-corrected chi connectivity index (χ4v) is 1.42. The molecule has 0 saturated carbocycles. The molecule has 0 fully saturated rings. The van der Waals surface area contributed by atoms with E-state index in [9.17, 15) is 4.79 Å². The van der Waals surface area contributed by atoms with E-state index in [1.165, 1.54) is 0 Å². The highest BCUT2D eigenvalue weighted by atomic mass is 16.4. The Bertz CT molecular complexity index is 488. The number of rotatable bonds is 2. The molecular weight excluding hydrogens is 180 g/mol. The lowest BCUT2D eigenvalue weighted by molar-refractivity contribution is -0.136. The van der Waals surface area contributed by atoms with Gasteiger partial charge in [-0.15, -0.1) is 0 Å². The molecular formula is C10H10N2O2. The van der Waals surface area contributed by atoms with E-state index in [4.69, 9.17) is 5.11 Å². The van der Waals surface area contributed by atoms with E-state index in [0.29, 0.717) is 5.82 Å². The molecule has 2 heterocycles. The van der Waals surface area contributed by atoms with E-state index in [2.05, 4.69) is 4.98 Å². The number of aromatic nitrogens is 2. The van der Waals surface area contributed by atoms with Gasteiger partial charge in [-0.2, -0.15) is 0 Å². The molecule has 0 atom stereocenters. The van der Waals surface area contributed by atoms with Crippen molar-refractivity contribution in [1.82, 2.24) is 9.38 Å². The maximum Gasteiger partial charge on any atom is 0.311 e. The standard InChI is InChI=1S/C10H10N2O2/c1-7-2-3-8-5-11-9(4-10(13)14)12(8)6-7/h2-3,5-6H,4H2,1H3,(H,13,14). The monoisotopic (exact) mass is 190 g/mol. The molecule has 0 aliphatic rings. The minimum atomic E-state index is -0.862. The first-order chi connectivity index (χ1) is 6.66. The van der Waals surface area contributed by atoms with Gasteiger partial charge in [0.25, 0.3) is 0 Å². The third-order valence-corrected chi connectivity index (χ3v) is 2.06. The van der Waals surface area contributed by atoms with Crippen LogP contribution >= 0.6 is 0 Å².